The fourth-order valence-corrected chi connectivity index (χ4v) is 9.11. The number of carbonyl (C=O) groups is 1. The lowest BCUT2D eigenvalue weighted by Gasteiger charge is -2.58. The molecule has 230 valence electrons. The van der Waals surface area contributed by atoms with Gasteiger partial charge in [-0.3, -0.25) is 4.79 Å². The fraction of sp³-hybridized carbons (Fsp3) is 0.618. The summed E-state index contributed by atoms with van der Waals surface area (Å²) in [5.41, 5.74) is 2.32. The van der Waals surface area contributed by atoms with Crippen LogP contribution in [0.3, 0.4) is 0 Å². The Balaban J connectivity index is 0.00000353. The highest BCUT2D eigenvalue weighted by molar-refractivity contribution is 6.42. The maximum Gasteiger partial charge on any atom is 0.254 e. The van der Waals surface area contributed by atoms with Crippen molar-refractivity contribution >= 4 is 29.1 Å². The van der Waals surface area contributed by atoms with E-state index in [1.165, 1.54) is 87.6 Å². The highest BCUT2D eigenvalue weighted by Crippen LogP contribution is 2.53. The van der Waals surface area contributed by atoms with Gasteiger partial charge >= 0.3 is 0 Å². The van der Waals surface area contributed by atoms with E-state index in [1.807, 2.05) is 23.1 Å². The van der Waals surface area contributed by atoms with Crippen LogP contribution in [0.2, 0.25) is 10.0 Å². The van der Waals surface area contributed by atoms with Crippen LogP contribution in [0.5, 0.6) is 11.5 Å². The summed E-state index contributed by atoms with van der Waals surface area (Å²) in [6, 6.07) is 11.5. The monoisotopic (exact) mass is 634 g/mol. The van der Waals surface area contributed by atoms with E-state index in [0.717, 1.165) is 25.3 Å². The maximum atomic E-state index is 13.8. The summed E-state index contributed by atoms with van der Waals surface area (Å²) in [5.74, 6) is 2.20. The number of likely N-dealkylation sites (tertiary alicyclic amines) is 1. The molecule has 5 fully saturated rings. The van der Waals surface area contributed by atoms with Gasteiger partial charge in [0.1, 0.15) is 0 Å². The van der Waals surface area contributed by atoms with Gasteiger partial charge in [-0.15, -0.1) is 0 Å². The van der Waals surface area contributed by atoms with Crippen molar-refractivity contribution < 1.29 is 31.2 Å². The lowest BCUT2D eigenvalue weighted by molar-refractivity contribution is -0.946. The molecule has 1 unspecified atom stereocenters. The van der Waals surface area contributed by atoms with Crippen LogP contribution < -0.4 is 21.9 Å². The SMILES string of the molecule is COc1ccc(C(=O)N2CCC(CC[N+]34CCC(C5CCCCC5)(CC3)CC4)(c3ccc(Cl)c(Cl)c3)C2)cc1OC.[Cl-]. The van der Waals surface area contributed by atoms with Gasteiger partial charge in [0.2, 0.25) is 0 Å². The van der Waals surface area contributed by atoms with E-state index in [9.17, 15) is 4.79 Å². The second kappa shape index (κ2) is 12.8. The number of amides is 1. The Kier molecular flexibility index (Phi) is 9.64. The van der Waals surface area contributed by atoms with E-state index in [1.54, 1.807) is 20.3 Å². The Labute approximate surface area is 267 Å². The highest BCUT2D eigenvalue weighted by atomic mass is 35.5. The minimum absolute atomic E-state index is 0. The molecule has 7 rings (SSSR count). The van der Waals surface area contributed by atoms with Crippen molar-refractivity contribution in [1.29, 1.82) is 0 Å². The van der Waals surface area contributed by atoms with E-state index >= 15 is 0 Å². The van der Waals surface area contributed by atoms with Crippen LogP contribution >= 0.6 is 23.2 Å². The van der Waals surface area contributed by atoms with Crippen molar-refractivity contribution in [2.24, 2.45) is 11.3 Å². The molecule has 1 amide bonds. The minimum atomic E-state index is -0.136. The number of piperidine rings is 3. The number of halogens is 3. The number of benzene rings is 2. The molecule has 2 aromatic rings. The number of fused-ring (bicyclic) bond motifs is 3. The molecule has 0 N–H and O–H groups in total. The van der Waals surface area contributed by atoms with Crippen molar-refractivity contribution in [1.82, 2.24) is 4.90 Å². The third-order valence-corrected chi connectivity index (χ3v) is 12.3. The van der Waals surface area contributed by atoms with Gasteiger partial charge in [-0.25, -0.2) is 0 Å². The minimum Gasteiger partial charge on any atom is -1.00 e. The molecule has 0 aromatic heterocycles. The molecule has 1 aliphatic carbocycles. The van der Waals surface area contributed by atoms with Crippen molar-refractivity contribution in [3.8, 4) is 11.5 Å². The highest BCUT2D eigenvalue weighted by Gasteiger charge is 2.53. The first-order chi connectivity index (χ1) is 19.8. The number of methoxy groups -OCH3 is 2. The normalized spacial score (nSPS) is 29.3. The van der Waals surface area contributed by atoms with Crippen LogP contribution in [-0.2, 0) is 5.41 Å². The van der Waals surface area contributed by atoms with Crippen molar-refractivity contribution in [2.75, 3.05) is 53.5 Å². The third kappa shape index (κ3) is 5.88. The molecule has 5 nitrogen and oxygen atoms in total. The number of rotatable bonds is 8. The van der Waals surface area contributed by atoms with E-state index in [-0.39, 0.29) is 23.7 Å². The maximum absolute atomic E-state index is 13.8. The largest absolute Gasteiger partial charge is 1.00 e. The van der Waals surface area contributed by atoms with Crippen molar-refractivity contribution in [3.63, 3.8) is 0 Å². The van der Waals surface area contributed by atoms with Gasteiger partial charge in [0.05, 0.1) is 50.4 Å². The number of quaternary nitrogens is 1. The van der Waals surface area contributed by atoms with Crippen LogP contribution in [0.1, 0.15) is 80.1 Å². The summed E-state index contributed by atoms with van der Waals surface area (Å²) < 4.78 is 12.1. The third-order valence-electron chi connectivity index (χ3n) is 11.6. The van der Waals surface area contributed by atoms with Gasteiger partial charge < -0.3 is 31.3 Å². The molecule has 1 saturated carbocycles. The van der Waals surface area contributed by atoms with Crippen LogP contribution in [-0.4, -0.2) is 68.8 Å². The molecule has 42 heavy (non-hydrogen) atoms. The van der Waals surface area contributed by atoms with Crippen molar-refractivity contribution in [3.05, 3.63) is 57.6 Å². The summed E-state index contributed by atoms with van der Waals surface area (Å²) in [6.45, 7) is 6.54. The summed E-state index contributed by atoms with van der Waals surface area (Å²) in [4.78, 5) is 15.8. The first-order valence-corrected chi connectivity index (χ1v) is 16.4. The average molecular weight is 636 g/mol. The first-order valence-electron chi connectivity index (χ1n) is 15.6. The predicted molar refractivity (Wildman–Crippen MR) is 165 cm³/mol. The van der Waals surface area contributed by atoms with E-state index in [0.29, 0.717) is 39.1 Å². The van der Waals surface area contributed by atoms with Crippen LogP contribution in [0, 0.1) is 11.3 Å². The van der Waals surface area contributed by atoms with Crippen LogP contribution in [0.25, 0.3) is 0 Å². The summed E-state index contributed by atoms with van der Waals surface area (Å²) >= 11 is 12.9. The smallest absolute Gasteiger partial charge is 0.254 e. The van der Waals surface area contributed by atoms with Crippen LogP contribution in [0.4, 0.5) is 0 Å². The molecular weight excluding hydrogens is 591 g/mol. The molecule has 0 spiro atoms. The Morgan fingerprint density at radius 2 is 1.60 bits per heavy atom. The molecule has 4 saturated heterocycles. The fourth-order valence-electron chi connectivity index (χ4n) is 8.81. The molecule has 8 heteroatoms. The van der Waals surface area contributed by atoms with E-state index in [2.05, 4.69) is 12.1 Å². The number of carbonyl (C=O) groups excluding carboxylic acids is 1. The number of hydrogen-bond donors (Lipinski definition) is 0. The molecule has 2 bridgehead atoms. The van der Waals surface area contributed by atoms with E-state index in [4.69, 9.17) is 32.7 Å². The molecule has 5 aliphatic rings. The Hall–Kier alpha value is -1.66. The van der Waals surface area contributed by atoms with Gasteiger partial charge in [-0.1, -0.05) is 48.5 Å². The topological polar surface area (TPSA) is 38.8 Å². The number of nitrogens with zero attached hydrogens (tertiary/aromatic N) is 2. The second-order valence-electron chi connectivity index (χ2n) is 13.4. The first kappa shape index (κ1) is 31.8. The van der Waals surface area contributed by atoms with Gasteiger partial charge in [0.25, 0.3) is 5.91 Å². The van der Waals surface area contributed by atoms with Gasteiger partial charge in [0.15, 0.2) is 11.5 Å². The summed E-state index contributed by atoms with van der Waals surface area (Å²) in [6.07, 6.45) is 13.4. The lowest BCUT2D eigenvalue weighted by atomic mass is 9.59. The molecule has 2 aromatic carbocycles. The molecule has 4 aliphatic heterocycles. The van der Waals surface area contributed by atoms with Crippen LogP contribution in [0.15, 0.2) is 36.4 Å². The summed E-state index contributed by atoms with van der Waals surface area (Å²) in [7, 11) is 3.21. The molecule has 1 atom stereocenters. The second-order valence-corrected chi connectivity index (χ2v) is 14.2. The van der Waals surface area contributed by atoms with Gasteiger partial charge in [-0.2, -0.15) is 0 Å². The lowest BCUT2D eigenvalue weighted by Crippen LogP contribution is -3.00. The zero-order valence-electron chi connectivity index (χ0n) is 25.1. The number of ether oxygens (including phenoxy) is 2. The average Bonchev–Trinajstić information content (AvgIpc) is 3.48. The zero-order chi connectivity index (χ0) is 28.7. The zero-order valence-corrected chi connectivity index (χ0v) is 27.4. The predicted octanol–water partition coefficient (Wildman–Crippen LogP) is 4.77. The van der Waals surface area contributed by atoms with Gasteiger partial charge in [-0.05, 0) is 66.5 Å². The molecule has 0 radical (unpaired) electrons. The Morgan fingerprint density at radius 3 is 2.24 bits per heavy atom. The Morgan fingerprint density at radius 1 is 0.905 bits per heavy atom. The summed E-state index contributed by atoms with van der Waals surface area (Å²) in [5, 5.41) is 1.17. The van der Waals surface area contributed by atoms with Gasteiger partial charge in [0, 0.05) is 49.8 Å². The quantitative estimate of drug-likeness (QED) is 0.393. The van der Waals surface area contributed by atoms with Crippen molar-refractivity contribution in [2.45, 2.75) is 69.6 Å². The Bertz CT molecular complexity index is 1260. The molecular formula is C34H45Cl3N2O3. The standard InChI is InChI=1S/C34H45Cl2N2O3.ClH/c1-40-30-11-8-25(22-31(30)41-2)32(39)37-17-12-34(24-37,27-9-10-28(35)29(36)23-27)16-21-38-18-13-33(14-19-38,15-20-38)26-6-4-3-5-7-26;/h8-11,22-23,26H,3-7,12-21,24H2,1-2H3;1H/q+1;/p-1. The number of hydrogen-bond acceptors (Lipinski definition) is 3. The van der Waals surface area contributed by atoms with E-state index < -0.39 is 0 Å². The molecule has 4 heterocycles.